The molecule has 1 aromatic carbocycles. The number of phenols is 2. The minimum absolute atomic E-state index is 0.160. The maximum absolute atomic E-state index is 12.4. The zero-order valence-corrected chi connectivity index (χ0v) is 10.8. The molecule has 0 radical (unpaired) electrons. The van der Waals surface area contributed by atoms with Crippen molar-refractivity contribution in [2.75, 3.05) is 6.54 Å². The van der Waals surface area contributed by atoms with Crippen LogP contribution in [-0.4, -0.2) is 33.6 Å². The largest absolute Gasteiger partial charge is 0.504 e. The van der Waals surface area contributed by atoms with E-state index in [9.17, 15) is 15.0 Å². The Balaban J connectivity index is 2.28. The molecular formula is C14H19NO3. The van der Waals surface area contributed by atoms with Gasteiger partial charge < -0.3 is 15.1 Å². The molecule has 2 N–H and O–H groups in total. The van der Waals surface area contributed by atoms with E-state index in [0.29, 0.717) is 12.5 Å². The molecule has 18 heavy (non-hydrogen) atoms. The van der Waals surface area contributed by atoms with Crippen molar-refractivity contribution in [3.63, 3.8) is 0 Å². The number of carbonyl (C=O) groups excluding carboxylic acids is 1. The fraction of sp³-hybridized carbons (Fsp3) is 0.500. The SMILES string of the molecule is CC1CCCN(C(=O)c2cccc(O)c2O)C1C. The highest BCUT2D eigenvalue weighted by Crippen LogP contribution is 2.31. The molecule has 1 fully saturated rings. The van der Waals surface area contributed by atoms with Gasteiger partial charge in [-0.05, 0) is 37.8 Å². The Kier molecular flexibility index (Phi) is 3.45. The molecule has 0 bridgehead atoms. The lowest BCUT2D eigenvalue weighted by Crippen LogP contribution is -2.46. The van der Waals surface area contributed by atoms with Crippen LogP contribution in [0.15, 0.2) is 18.2 Å². The Morgan fingerprint density at radius 1 is 1.33 bits per heavy atom. The fourth-order valence-electron chi connectivity index (χ4n) is 2.48. The summed E-state index contributed by atoms with van der Waals surface area (Å²) in [5, 5.41) is 19.2. The van der Waals surface area contributed by atoms with E-state index in [-0.39, 0.29) is 29.0 Å². The number of hydrogen-bond acceptors (Lipinski definition) is 3. The highest BCUT2D eigenvalue weighted by Gasteiger charge is 2.30. The molecule has 98 valence electrons. The lowest BCUT2D eigenvalue weighted by Gasteiger charge is -2.38. The van der Waals surface area contributed by atoms with Crippen molar-refractivity contribution in [1.29, 1.82) is 0 Å². The third-order valence-corrected chi connectivity index (χ3v) is 3.88. The second-order valence-electron chi connectivity index (χ2n) is 5.03. The van der Waals surface area contributed by atoms with Crippen LogP contribution >= 0.6 is 0 Å². The summed E-state index contributed by atoms with van der Waals surface area (Å²) in [6.07, 6.45) is 2.10. The number of piperidine rings is 1. The molecule has 1 saturated heterocycles. The smallest absolute Gasteiger partial charge is 0.258 e. The first-order valence-electron chi connectivity index (χ1n) is 6.34. The highest BCUT2D eigenvalue weighted by atomic mass is 16.3. The van der Waals surface area contributed by atoms with Crippen LogP contribution in [0.4, 0.5) is 0 Å². The molecule has 4 heteroatoms. The molecule has 0 aromatic heterocycles. The number of aromatic hydroxyl groups is 2. The van der Waals surface area contributed by atoms with Crippen molar-refractivity contribution >= 4 is 5.91 Å². The number of rotatable bonds is 1. The molecule has 0 aliphatic carbocycles. The summed E-state index contributed by atoms with van der Waals surface area (Å²) in [5.41, 5.74) is 0.177. The van der Waals surface area contributed by atoms with Crippen molar-refractivity contribution in [3.05, 3.63) is 23.8 Å². The van der Waals surface area contributed by atoms with Gasteiger partial charge >= 0.3 is 0 Å². The van der Waals surface area contributed by atoms with E-state index in [2.05, 4.69) is 6.92 Å². The van der Waals surface area contributed by atoms with Crippen LogP contribution < -0.4 is 0 Å². The maximum Gasteiger partial charge on any atom is 0.258 e. The Hall–Kier alpha value is -1.71. The summed E-state index contributed by atoms with van der Waals surface area (Å²) in [5.74, 6) is -0.323. The molecule has 2 rings (SSSR count). The minimum Gasteiger partial charge on any atom is -0.504 e. The van der Waals surface area contributed by atoms with Gasteiger partial charge in [0.25, 0.3) is 5.91 Å². The van der Waals surface area contributed by atoms with Gasteiger partial charge in [0, 0.05) is 12.6 Å². The van der Waals surface area contributed by atoms with Crippen LogP contribution in [0.3, 0.4) is 0 Å². The van der Waals surface area contributed by atoms with Crippen LogP contribution in [0.1, 0.15) is 37.0 Å². The van der Waals surface area contributed by atoms with Crippen molar-refractivity contribution in [2.24, 2.45) is 5.92 Å². The molecule has 1 heterocycles. The summed E-state index contributed by atoms with van der Waals surface area (Å²) >= 11 is 0. The Morgan fingerprint density at radius 2 is 2.06 bits per heavy atom. The lowest BCUT2D eigenvalue weighted by molar-refractivity contribution is 0.0547. The first-order chi connectivity index (χ1) is 8.52. The van der Waals surface area contributed by atoms with Gasteiger partial charge in [0.1, 0.15) is 0 Å². The molecule has 1 aromatic rings. The number of amides is 1. The van der Waals surface area contributed by atoms with Crippen LogP contribution in [0.5, 0.6) is 11.5 Å². The van der Waals surface area contributed by atoms with Crippen molar-refractivity contribution in [3.8, 4) is 11.5 Å². The predicted molar refractivity (Wildman–Crippen MR) is 68.7 cm³/mol. The van der Waals surface area contributed by atoms with Crippen molar-refractivity contribution in [1.82, 2.24) is 4.90 Å². The van der Waals surface area contributed by atoms with Gasteiger partial charge in [0.15, 0.2) is 11.5 Å². The Bertz CT molecular complexity index is 458. The van der Waals surface area contributed by atoms with E-state index in [0.717, 1.165) is 12.8 Å². The second kappa shape index (κ2) is 4.88. The molecule has 1 aliphatic rings. The quantitative estimate of drug-likeness (QED) is 0.751. The summed E-state index contributed by atoms with van der Waals surface area (Å²) in [6.45, 7) is 4.87. The van der Waals surface area contributed by atoms with Gasteiger partial charge in [-0.25, -0.2) is 0 Å². The molecule has 1 amide bonds. The third kappa shape index (κ3) is 2.15. The lowest BCUT2D eigenvalue weighted by atomic mass is 9.91. The van der Waals surface area contributed by atoms with Gasteiger partial charge in [-0.1, -0.05) is 13.0 Å². The van der Waals surface area contributed by atoms with E-state index >= 15 is 0 Å². The zero-order chi connectivity index (χ0) is 13.3. The number of benzene rings is 1. The van der Waals surface area contributed by atoms with Crippen LogP contribution in [0, 0.1) is 5.92 Å². The Morgan fingerprint density at radius 3 is 2.78 bits per heavy atom. The van der Waals surface area contributed by atoms with Gasteiger partial charge in [0.2, 0.25) is 0 Å². The van der Waals surface area contributed by atoms with Crippen LogP contribution in [-0.2, 0) is 0 Å². The van der Waals surface area contributed by atoms with E-state index in [1.54, 1.807) is 17.0 Å². The molecule has 0 saturated carbocycles. The average Bonchev–Trinajstić information content (AvgIpc) is 2.35. The standard InChI is InChI=1S/C14H19NO3/c1-9-5-4-8-15(10(9)2)14(18)11-6-3-7-12(16)13(11)17/h3,6-7,9-10,16-17H,4-5,8H2,1-2H3. The number of phenolic OH excluding ortho intramolecular Hbond substituents is 2. The number of likely N-dealkylation sites (tertiary alicyclic amines) is 1. The number of hydrogen-bond donors (Lipinski definition) is 2. The first-order valence-corrected chi connectivity index (χ1v) is 6.34. The summed E-state index contributed by atoms with van der Waals surface area (Å²) in [6, 6.07) is 4.64. The number of nitrogens with zero attached hydrogens (tertiary/aromatic N) is 1. The van der Waals surface area contributed by atoms with E-state index in [4.69, 9.17) is 0 Å². The van der Waals surface area contributed by atoms with Crippen LogP contribution in [0.2, 0.25) is 0 Å². The predicted octanol–water partition coefficient (Wildman–Crippen LogP) is 2.36. The molecule has 0 spiro atoms. The van der Waals surface area contributed by atoms with E-state index in [1.165, 1.54) is 6.07 Å². The molecule has 2 unspecified atom stereocenters. The summed E-state index contributed by atoms with van der Waals surface area (Å²) < 4.78 is 0. The Labute approximate surface area is 107 Å². The third-order valence-electron chi connectivity index (χ3n) is 3.88. The zero-order valence-electron chi connectivity index (χ0n) is 10.8. The van der Waals surface area contributed by atoms with Gasteiger partial charge in [-0.2, -0.15) is 0 Å². The monoisotopic (exact) mass is 249 g/mol. The molecule has 4 nitrogen and oxygen atoms in total. The molecular weight excluding hydrogens is 230 g/mol. The maximum atomic E-state index is 12.4. The number of para-hydroxylation sites is 1. The fourth-order valence-corrected chi connectivity index (χ4v) is 2.48. The number of carbonyl (C=O) groups is 1. The minimum atomic E-state index is -0.326. The highest BCUT2D eigenvalue weighted by molar-refractivity contribution is 5.97. The van der Waals surface area contributed by atoms with Gasteiger partial charge in [-0.15, -0.1) is 0 Å². The molecule has 2 atom stereocenters. The molecule has 1 aliphatic heterocycles. The average molecular weight is 249 g/mol. The first kappa shape index (κ1) is 12.7. The normalized spacial score (nSPS) is 24.0. The van der Waals surface area contributed by atoms with Crippen LogP contribution in [0.25, 0.3) is 0 Å². The van der Waals surface area contributed by atoms with Crippen molar-refractivity contribution in [2.45, 2.75) is 32.7 Å². The summed E-state index contributed by atoms with van der Waals surface area (Å²) in [4.78, 5) is 14.2. The van der Waals surface area contributed by atoms with E-state index < -0.39 is 0 Å². The topological polar surface area (TPSA) is 60.8 Å². The van der Waals surface area contributed by atoms with Crippen molar-refractivity contribution < 1.29 is 15.0 Å². The van der Waals surface area contributed by atoms with Gasteiger partial charge in [-0.3, -0.25) is 4.79 Å². The van der Waals surface area contributed by atoms with Gasteiger partial charge in [0.05, 0.1) is 5.56 Å². The summed E-state index contributed by atoms with van der Waals surface area (Å²) in [7, 11) is 0. The second-order valence-corrected chi connectivity index (χ2v) is 5.03. The van der Waals surface area contributed by atoms with E-state index in [1.807, 2.05) is 6.92 Å².